The number of benzene rings is 2. The molecule has 0 saturated carbocycles. The fourth-order valence-electron chi connectivity index (χ4n) is 2.22. The van der Waals surface area contributed by atoms with Crippen molar-refractivity contribution in [2.75, 3.05) is 0 Å². The summed E-state index contributed by atoms with van der Waals surface area (Å²) in [5, 5.41) is 0. The molecule has 0 heterocycles. The Hall–Kier alpha value is -1.82. The summed E-state index contributed by atoms with van der Waals surface area (Å²) in [6.45, 7) is 4.40. The van der Waals surface area contributed by atoms with E-state index in [4.69, 9.17) is 0 Å². The lowest BCUT2D eigenvalue weighted by atomic mass is 10.0. The van der Waals surface area contributed by atoms with E-state index in [1.54, 1.807) is 0 Å². The van der Waals surface area contributed by atoms with Crippen LogP contribution in [-0.2, 0) is 12.8 Å². The second kappa shape index (κ2) is 6.20. The first-order valence-corrected chi connectivity index (χ1v) is 6.69. The van der Waals surface area contributed by atoms with Crippen molar-refractivity contribution >= 4 is 12.2 Å². The maximum Gasteiger partial charge on any atom is -0.0224 e. The van der Waals surface area contributed by atoms with E-state index in [1.165, 1.54) is 22.3 Å². The van der Waals surface area contributed by atoms with Crippen LogP contribution in [0.5, 0.6) is 0 Å². The lowest BCUT2D eigenvalue weighted by Crippen LogP contribution is -1.86. The molecule has 92 valence electrons. The highest BCUT2D eigenvalue weighted by Crippen LogP contribution is 2.16. The molecule has 0 heteroatoms. The van der Waals surface area contributed by atoms with Crippen LogP contribution in [0.15, 0.2) is 48.5 Å². The summed E-state index contributed by atoms with van der Waals surface area (Å²) < 4.78 is 0. The largest absolute Gasteiger partial charge is 0.0620 e. The molecule has 0 radical (unpaired) electrons. The van der Waals surface area contributed by atoms with Gasteiger partial charge in [0.1, 0.15) is 0 Å². The maximum atomic E-state index is 2.23. The zero-order valence-corrected chi connectivity index (χ0v) is 11.2. The Labute approximate surface area is 110 Å². The average molecular weight is 236 g/mol. The molecule has 0 aromatic heterocycles. The smallest absolute Gasteiger partial charge is 0.0224 e. The molecule has 0 unspecified atom stereocenters. The Morgan fingerprint density at radius 3 is 1.44 bits per heavy atom. The molecule has 2 aromatic rings. The highest BCUT2D eigenvalue weighted by molar-refractivity contribution is 5.72. The van der Waals surface area contributed by atoms with Gasteiger partial charge >= 0.3 is 0 Å². The Kier molecular flexibility index (Phi) is 4.35. The van der Waals surface area contributed by atoms with E-state index >= 15 is 0 Å². The molecule has 0 saturated heterocycles. The highest BCUT2D eigenvalue weighted by atomic mass is 14.0. The molecule has 0 N–H and O–H groups in total. The minimum atomic E-state index is 1.08. The number of aryl methyl sites for hydroxylation is 2. The van der Waals surface area contributed by atoms with Gasteiger partial charge in [-0.3, -0.25) is 0 Å². The predicted octanol–water partition coefficient (Wildman–Crippen LogP) is 4.98. The third-order valence-corrected chi connectivity index (χ3v) is 3.31. The van der Waals surface area contributed by atoms with Gasteiger partial charge < -0.3 is 0 Å². The molecule has 0 spiro atoms. The van der Waals surface area contributed by atoms with Gasteiger partial charge in [0.15, 0.2) is 0 Å². The molecule has 0 nitrogen and oxygen atoms in total. The standard InChI is InChI=1S/C18H20/c1-3-15-9-5-7-11-17(15)13-14-18-12-8-6-10-16(18)4-2/h5-14H,3-4H2,1-2H3/b14-13+. The molecule has 0 bridgehead atoms. The fraction of sp³-hybridized carbons (Fsp3) is 0.222. The average Bonchev–Trinajstić information content (AvgIpc) is 2.45. The lowest BCUT2D eigenvalue weighted by Gasteiger charge is -2.04. The minimum Gasteiger partial charge on any atom is -0.0620 e. The summed E-state index contributed by atoms with van der Waals surface area (Å²) in [7, 11) is 0. The summed E-state index contributed by atoms with van der Waals surface area (Å²) in [5.41, 5.74) is 5.46. The zero-order chi connectivity index (χ0) is 12.8. The molecule has 0 aliphatic heterocycles. The summed E-state index contributed by atoms with van der Waals surface area (Å²) in [6, 6.07) is 17.2. The van der Waals surface area contributed by atoms with Crippen molar-refractivity contribution in [2.45, 2.75) is 26.7 Å². The van der Waals surface area contributed by atoms with Gasteiger partial charge in [0.2, 0.25) is 0 Å². The number of hydrogen-bond acceptors (Lipinski definition) is 0. The van der Waals surface area contributed by atoms with Gasteiger partial charge in [-0.05, 0) is 35.1 Å². The highest BCUT2D eigenvalue weighted by Gasteiger charge is 1.97. The van der Waals surface area contributed by atoms with Crippen molar-refractivity contribution < 1.29 is 0 Å². The van der Waals surface area contributed by atoms with E-state index in [0.29, 0.717) is 0 Å². The van der Waals surface area contributed by atoms with E-state index in [9.17, 15) is 0 Å². The second-order valence-corrected chi connectivity index (χ2v) is 4.44. The fourth-order valence-corrected chi connectivity index (χ4v) is 2.22. The first-order valence-electron chi connectivity index (χ1n) is 6.69. The third-order valence-electron chi connectivity index (χ3n) is 3.31. The normalized spacial score (nSPS) is 11.0. The van der Waals surface area contributed by atoms with Gasteiger partial charge in [0, 0.05) is 0 Å². The van der Waals surface area contributed by atoms with Crippen molar-refractivity contribution in [3.8, 4) is 0 Å². The van der Waals surface area contributed by atoms with E-state index in [2.05, 4.69) is 74.5 Å². The Bertz CT molecular complexity index is 486. The van der Waals surface area contributed by atoms with Gasteiger partial charge in [-0.15, -0.1) is 0 Å². The van der Waals surface area contributed by atoms with Gasteiger partial charge in [-0.25, -0.2) is 0 Å². The van der Waals surface area contributed by atoms with Crippen LogP contribution in [0, 0.1) is 0 Å². The van der Waals surface area contributed by atoms with Crippen LogP contribution in [0.25, 0.3) is 12.2 Å². The molecule has 0 aliphatic carbocycles. The van der Waals surface area contributed by atoms with Crippen LogP contribution in [0.2, 0.25) is 0 Å². The molecule has 18 heavy (non-hydrogen) atoms. The summed E-state index contributed by atoms with van der Waals surface area (Å²) in [4.78, 5) is 0. The molecular formula is C18H20. The second-order valence-electron chi connectivity index (χ2n) is 4.44. The third kappa shape index (κ3) is 2.89. The Morgan fingerprint density at radius 1 is 0.667 bits per heavy atom. The first kappa shape index (κ1) is 12.6. The van der Waals surface area contributed by atoms with Crippen molar-refractivity contribution in [1.82, 2.24) is 0 Å². The van der Waals surface area contributed by atoms with Crippen LogP contribution >= 0.6 is 0 Å². The molecule has 0 fully saturated rings. The van der Waals surface area contributed by atoms with Crippen molar-refractivity contribution in [3.63, 3.8) is 0 Å². The lowest BCUT2D eigenvalue weighted by molar-refractivity contribution is 1.13. The SMILES string of the molecule is CCc1ccccc1/C=C/c1ccccc1CC. The van der Waals surface area contributed by atoms with E-state index in [0.717, 1.165) is 12.8 Å². The summed E-state index contributed by atoms with van der Waals surface area (Å²) in [5.74, 6) is 0. The van der Waals surface area contributed by atoms with Crippen LogP contribution in [0.3, 0.4) is 0 Å². The molecule has 0 atom stereocenters. The quantitative estimate of drug-likeness (QED) is 0.657. The van der Waals surface area contributed by atoms with Crippen molar-refractivity contribution in [3.05, 3.63) is 70.8 Å². The van der Waals surface area contributed by atoms with Crippen LogP contribution in [0.4, 0.5) is 0 Å². The summed E-state index contributed by atoms with van der Waals surface area (Å²) >= 11 is 0. The molecule has 2 rings (SSSR count). The van der Waals surface area contributed by atoms with Gasteiger partial charge in [-0.1, -0.05) is 74.5 Å². The van der Waals surface area contributed by atoms with E-state index in [1.807, 2.05) is 0 Å². The minimum absolute atomic E-state index is 1.08. The molecule has 0 aliphatic rings. The van der Waals surface area contributed by atoms with Gasteiger partial charge in [-0.2, -0.15) is 0 Å². The van der Waals surface area contributed by atoms with Crippen LogP contribution < -0.4 is 0 Å². The number of hydrogen-bond donors (Lipinski definition) is 0. The van der Waals surface area contributed by atoms with Crippen LogP contribution in [0.1, 0.15) is 36.1 Å². The number of rotatable bonds is 4. The van der Waals surface area contributed by atoms with E-state index in [-0.39, 0.29) is 0 Å². The maximum absolute atomic E-state index is 2.23. The Morgan fingerprint density at radius 2 is 1.06 bits per heavy atom. The van der Waals surface area contributed by atoms with Crippen molar-refractivity contribution in [2.24, 2.45) is 0 Å². The topological polar surface area (TPSA) is 0 Å². The van der Waals surface area contributed by atoms with Crippen molar-refractivity contribution in [1.29, 1.82) is 0 Å². The molecule has 0 amide bonds. The van der Waals surface area contributed by atoms with E-state index < -0.39 is 0 Å². The molecular weight excluding hydrogens is 216 g/mol. The van der Waals surface area contributed by atoms with Gasteiger partial charge in [0.05, 0.1) is 0 Å². The van der Waals surface area contributed by atoms with Crippen LogP contribution in [-0.4, -0.2) is 0 Å². The zero-order valence-electron chi connectivity index (χ0n) is 11.2. The van der Waals surface area contributed by atoms with Gasteiger partial charge in [0.25, 0.3) is 0 Å². The monoisotopic (exact) mass is 236 g/mol. The summed E-state index contributed by atoms with van der Waals surface area (Å²) in [6.07, 6.45) is 6.62. The Balaban J connectivity index is 2.30. The predicted molar refractivity (Wildman–Crippen MR) is 80.6 cm³/mol. The molecule has 2 aromatic carbocycles. The first-order chi connectivity index (χ1) is 8.85.